The molecule has 1 heterocycles. The Kier molecular flexibility index (Phi) is 4.29. The van der Waals surface area contributed by atoms with Gasteiger partial charge < -0.3 is 10.1 Å². The van der Waals surface area contributed by atoms with Crippen molar-refractivity contribution in [2.24, 2.45) is 0 Å². The Morgan fingerprint density at radius 2 is 1.95 bits per heavy atom. The van der Waals surface area contributed by atoms with Crippen LogP contribution in [0.25, 0.3) is 0 Å². The third kappa shape index (κ3) is 2.77. The lowest BCUT2D eigenvalue weighted by atomic mass is 9.96. The van der Waals surface area contributed by atoms with E-state index in [9.17, 15) is 4.39 Å². The van der Waals surface area contributed by atoms with Gasteiger partial charge in [0.1, 0.15) is 5.82 Å². The van der Waals surface area contributed by atoms with Crippen LogP contribution in [0.1, 0.15) is 28.4 Å². The fourth-order valence-corrected chi connectivity index (χ4v) is 2.33. The molecule has 5 heteroatoms. The summed E-state index contributed by atoms with van der Waals surface area (Å²) < 4.78 is 19.2. The average molecular weight is 275 g/mol. The third-order valence-electron chi connectivity index (χ3n) is 3.22. The first kappa shape index (κ1) is 14.4. The van der Waals surface area contributed by atoms with E-state index in [0.717, 1.165) is 11.1 Å². The molecule has 0 spiro atoms. The summed E-state index contributed by atoms with van der Waals surface area (Å²) >= 11 is 0. The van der Waals surface area contributed by atoms with Crippen molar-refractivity contribution in [2.45, 2.75) is 19.9 Å². The number of nitrogens with zero attached hydrogens (tertiary/aromatic N) is 2. The number of ether oxygens (including phenoxy) is 1. The minimum absolute atomic E-state index is 0.237. The smallest absolute Gasteiger partial charge is 0.233 e. The molecule has 0 aliphatic heterocycles. The average Bonchev–Trinajstić information content (AvgIpc) is 2.43. The van der Waals surface area contributed by atoms with E-state index < -0.39 is 0 Å². The maximum Gasteiger partial charge on any atom is 0.233 e. The number of halogens is 1. The van der Waals surface area contributed by atoms with Gasteiger partial charge in [0, 0.05) is 11.6 Å². The summed E-state index contributed by atoms with van der Waals surface area (Å²) in [5, 5.41) is 11.1. The second-order valence-corrected chi connectivity index (χ2v) is 4.70. The molecule has 0 aliphatic carbocycles. The maximum absolute atomic E-state index is 14.3. The van der Waals surface area contributed by atoms with Gasteiger partial charge in [0.2, 0.25) is 5.88 Å². The highest BCUT2D eigenvalue weighted by Gasteiger charge is 2.20. The van der Waals surface area contributed by atoms with Gasteiger partial charge in [0.15, 0.2) is 0 Å². The van der Waals surface area contributed by atoms with Crippen molar-refractivity contribution in [1.82, 2.24) is 15.5 Å². The Labute approximate surface area is 118 Å². The fourth-order valence-electron chi connectivity index (χ4n) is 2.33. The standard InChI is InChI=1S/C15H18FN3O/c1-9-7-10(2)14(11(16)8-9)15(17-3)12-5-6-13(20-4)19-18-12/h5-8,15,17H,1-4H3. The molecule has 2 rings (SSSR count). The molecule has 0 saturated heterocycles. The van der Waals surface area contributed by atoms with E-state index in [0.29, 0.717) is 17.1 Å². The lowest BCUT2D eigenvalue weighted by molar-refractivity contribution is 0.390. The number of hydrogen-bond donors (Lipinski definition) is 1. The summed E-state index contributed by atoms with van der Waals surface area (Å²) in [6.07, 6.45) is 0. The monoisotopic (exact) mass is 275 g/mol. The fraction of sp³-hybridized carbons (Fsp3) is 0.333. The molecule has 0 aliphatic rings. The highest BCUT2D eigenvalue weighted by atomic mass is 19.1. The zero-order valence-corrected chi connectivity index (χ0v) is 12.1. The molecule has 0 amide bonds. The number of aryl methyl sites for hydroxylation is 2. The van der Waals surface area contributed by atoms with E-state index in [2.05, 4.69) is 15.5 Å². The van der Waals surface area contributed by atoms with Crippen molar-refractivity contribution >= 4 is 0 Å². The number of methoxy groups -OCH3 is 1. The van der Waals surface area contributed by atoms with E-state index in [4.69, 9.17) is 4.74 Å². The first-order valence-corrected chi connectivity index (χ1v) is 6.38. The van der Waals surface area contributed by atoms with Crippen LogP contribution in [0.15, 0.2) is 24.3 Å². The second-order valence-electron chi connectivity index (χ2n) is 4.70. The van der Waals surface area contributed by atoms with E-state index in [1.807, 2.05) is 19.9 Å². The quantitative estimate of drug-likeness (QED) is 0.931. The molecule has 1 atom stereocenters. The van der Waals surface area contributed by atoms with Gasteiger partial charge in [0.05, 0.1) is 18.8 Å². The summed E-state index contributed by atoms with van der Waals surface area (Å²) in [7, 11) is 3.30. The second kappa shape index (κ2) is 5.96. The molecule has 20 heavy (non-hydrogen) atoms. The Bertz CT molecular complexity index is 576. The number of hydrogen-bond acceptors (Lipinski definition) is 4. The first-order chi connectivity index (χ1) is 9.56. The molecule has 1 unspecified atom stereocenters. The Morgan fingerprint density at radius 3 is 2.45 bits per heavy atom. The minimum Gasteiger partial charge on any atom is -0.480 e. The summed E-state index contributed by atoms with van der Waals surface area (Å²) in [6, 6.07) is 6.65. The van der Waals surface area contributed by atoms with Crippen LogP contribution in [0.5, 0.6) is 5.88 Å². The van der Waals surface area contributed by atoms with Gasteiger partial charge in [-0.3, -0.25) is 0 Å². The van der Waals surface area contributed by atoms with Gasteiger partial charge in [-0.05, 0) is 44.2 Å². The van der Waals surface area contributed by atoms with E-state index in [1.165, 1.54) is 13.2 Å². The molecule has 0 saturated carbocycles. The molecular formula is C15H18FN3O. The molecule has 1 N–H and O–H groups in total. The number of aromatic nitrogens is 2. The third-order valence-corrected chi connectivity index (χ3v) is 3.22. The SMILES string of the molecule is CNC(c1ccc(OC)nn1)c1c(C)cc(C)cc1F. The van der Waals surface area contributed by atoms with Crippen molar-refractivity contribution in [1.29, 1.82) is 0 Å². The van der Waals surface area contributed by atoms with Crippen LogP contribution in [-0.2, 0) is 0 Å². The maximum atomic E-state index is 14.3. The topological polar surface area (TPSA) is 47.0 Å². The number of benzene rings is 1. The lowest BCUT2D eigenvalue weighted by Gasteiger charge is -2.19. The van der Waals surface area contributed by atoms with Gasteiger partial charge in [-0.2, -0.15) is 0 Å². The van der Waals surface area contributed by atoms with Crippen LogP contribution in [-0.4, -0.2) is 24.4 Å². The first-order valence-electron chi connectivity index (χ1n) is 6.38. The zero-order valence-electron chi connectivity index (χ0n) is 12.1. The van der Waals surface area contributed by atoms with Gasteiger partial charge in [0.25, 0.3) is 0 Å². The van der Waals surface area contributed by atoms with Crippen molar-refractivity contribution in [2.75, 3.05) is 14.2 Å². The molecule has 1 aromatic heterocycles. The summed E-state index contributed by atoms with van der Waals surface area (Å²) in [5.41, 5.74) is 3.04. The van der Waals surface area contributed by atoms with Crippen molar-refractivity contribution in [3.8, 4) is 5.88 Å². The molecule has 4 nitrogen and oxygen atoms in total. The van der Waals surface area contributed by atoms with Crippen LogP contribution in [0, 0.1) is 19.7 Å². The Balaban J connectivity index is 2.46. The predicted molar refractivity (Wildman–Crippen MR) is 75.4 cm³/mol. The molecule has 106 valence electrons. The highest BCUT2D eigenvalue weighted by Crippen LogP contribution is 2.27. The largest absolute Gasteiger partial charge is 0.480 e. The number of rotatable bonds is 4. The van der Waals surface area contributed by atoms with Crippen molar-refractivity contribution in [3.63, 3.8) is 0 Å². The van der Waals surface area contributed by atoms with Gasteiger partial charge in [-0.15, -0.1) is 10.2 Å². The van der Waals surface area contributed by atoms with Crippen LogP contribution in [0.4, 0.5) is 4.39 Å². The van der Waals surface area contributed by atoms with Crippen LogP contribution in [0.2, 0.25) is 0 Å². The molecule has 1 aromatic carbocycles. The van der Waals surface area contributed by atoms with Crippen LogP contribution in [0.3, 0.4) is 0 Å². The molecular weight excluding hydrogens is 257 g/mol. The van der Waals surface area contributed by atoms with Crippen LogP contribution < -0.4 is 10.1 Å². The van der Waals surface area contributed by atoms with Gasteiger partial charge in [-0.25, -0.2) is 4.39 Å². The van der Waals surface area contributed by atoms with Gasteiger partial charge >= 0.3 is 0 Å². The van der Waals surface area contributed by atoms with Crippen LogP contribution >= 0.6 is 0 Å². The highest BCUT2D eigenvalue weighted by molar-refractivity contribution is 5.38. The summed E-state index contributed by atoms with van der Waals surface area (Å²) in [4.78, 5) is 0. The zero-order chi connectivity index (χ0) is 14.7. The van der Waals surface area contributed by atoms with E-state index in [-0.39, 0.29) is 11.9 Å². The molecule has 0 bridgehead atoms. The Hall–Kier alpha value is -2.01. The van der Waals surface area contributed by atoms with Crippen molar-refractivity contribution in [3.05, 3.63) is 52.5 Å². The molecule has 0 radical (unpaired) electrons. The summed E-state index contributed by atoms with van der Waals surface area (Å²) in [6.45, 7) is 3.77. The predicted octanol–water partition coefficient (Wildman–Crippen LogP) is 2.55. The summed E-state index contributed by atoms with van der Waals surface area (Å²) in [5.74, 6) is 0.198. The minimum atomic E-state index is -0.339. The van der Waals surface area contributed by atoms with Crippen molar-refractivity contribution < 1.29 is 9.13 Å². The normalized spacial score (nSPS) is 12.2. The van der Waals surface area contributed by atoms with E-state index in [1.54, 1.807) is 19.2 Å². The molecule has 0 fully saturated rings. The van der Waals surface area contributed by atoms with Gasteiger partial charge in [-0.1, -0.05) is 6.07 Å². The number of nitrogens with one attached hydrogen (secondary N) is 1. The molecule has 2 aromatic rings. The lowest BCUT2D eigenvalue weighted by Crippen LogP contribution is -2.21. The Morgan fingerprint density at radius 1 is 1.20 bits per heavy atom. The van der Waals surface area contributed by atoms with E-state index >= 15 is 0 Å².